The molecule has 2 aromatic rings. The third-order valence-corrected chi connectivity index (χ3v) is 5.47. The van der Waals surface area contributed by atoms with Crippen LogP contribution in [0.15, 0.2) is 24.4 Å². The van der Waals surface area contributed by atoms with Crippen LogP contribution in [0.5, 0.6) is 0 Å². The normalized spacial score (nSPS) is 20.6. The van der Waals surface area contributed by atoms with Gasteiger partial charge in [0, 0.05) is 30.9 Å². The standard InChI is InChI=1S/C19H21FN4O2/c1-11-16(10-21-23-11)12-4-6-24(7-5-12)19(26)15-9-18(25)22-17-8-13(20)2-3-14(15)17/h2-3,8,10,12,15H,4-7,9H2,1H3,(H,21,23)(H,22,25). The lowest BCUT2D eigenvalue weighted by Crippen LogP contribution is -2.42. The molecule has 1 fully saturated rings. The lowest BCUT2D eigenvalue weighted by atomic mass is 9.86. The molecule has 0 spiro atoms. The Labute approximate surface area is 150 Å². The van der Waals surface area contributed by atoms with E-state index in [4.69, 9.17) is 0 Å². The van der Waals surface area contributed by atoms with Gasteiger partial charge in [-0.05, 0) is 48.9 Å². The molecule has 26 heavy (non-hydrogen) atoms. The molecule has 1 aromatic carbocycles. The van der Waals surface area contributed by atoms with Gasteiger partial charge >= 0.3 is 0 Å². The van der Waals surface area contributed by atoms with E-state index in [0.29, 0.717) is 30.3 Å². The number of benzene rings is 1. The minimum Gasteiger partial charge on any atom is -0.342 e. The van der Waals surface area contributed by atoms with Crippen molar-refractivity contribution >= 4 is 17.5 Å². The molecular formula is C19H21FN4O2. The molecule has 1 aromatic heterocycles. The van der Waals surface area contributed by atoms with Crippen LogP contribution < -0.4 is 5.32 Å². The Morgan fingerprint density at radius 2 is 2.04 bits per heavy atom. The van der Waals surface area contributed by atoms with Crippen molar-refractivity contribution in [1.82, 2.24) is 15.1 Å². The highest BCUT2D eigenvalue weighted by molar-refractivity contribution is 6.01. The number of aromatic amines is 1. The van der Waals surface area contributed by atoms with Gasteiger partial charge in [0.15, 0.2) is 0 Å². The lowest BCUT2D eigenvalue weighted by Gasteiger charge is -2.35. The SMILES string of the molecule is Cc1[nH]ncc1C1CCN(C(=O)C2CC(=O)Nc3cc(F)ccc32)CC1. The quantitative estimate of drug-likeness (QED) is 0.868. The van der Waals surface area contributed by atoms with E-state index >= 15 is 0 Å². The van der Waals surface area contributed by atoms with Gasteiger partial charge in [-0.25, -0.2) is 4.39 Å². The molecule has 4 rings (SSSR count). The fourth-order valence-electron chi connectivity index (χ4n) is 4.06. The second-order valence-corrected chi connectivity index (χ2v) is 7.09. The first-order chi connectivity index (χ1) is 12.5. The summed E-state index contributed by atoms with van der Waals surface area (Å²) in [5.74, 6) is -0.853. The largest absolute Gasteiger partial charge is 0.342 e. The van der Waals surface area contributed by atoms with Crippen molar-refractivity contribution in [3.63, 3.8) is 0 Å². The molecule has 0 saturated carbocycles. The number of hydrogen-bond donors (Lipinski definition) is 2. The summed E-state index contributed by atoms with van der Waals surface area (Å²) in [5.41, 5.74) is 3.40. The molecule has 2 aliphatic rings. The van der Waals surface area contributed by atoms with Crippen molar-refractivity contribution in [3.8, 4) is 0 Å². The number of likely N-dealkylation sites (tertiary alicyclic amines) is 1. The molecular weight excluding hydrogens is 335 g/mol. The van der Waals surface area contributed by atoms with Crippen molar-refractivity contribution in [1.29, 1.82) is 0 Å². The lowest BCUT2D eigenvalue weighted by molar-refractivity contribution is -0.135. The first kappa shape index (κ1) is 16.8. The third-order valence-electron chi connectivity index (χ3n) is 5.47. The topological polar surface area (TPSA) is 78.1 Å². The number of aromatic nitrogens is 2. The van der Waals surface area contributed by atoms with Gasteiger partial charge in [0.1, 0.15) is 5.82 Å². The van der Waals surface area contributed by atoms with Gasteiger partial charge in [0.25, 0.3) is 0 Å². The highest BCUT2D eigenvalue weighted by Crippen LogP contribution is 2.36. The van der Waals surface area contributed by atoms with Crippen molar-refractivity contribution in [2.45, 2.75) is 38.0 Å². The number of piperidine rings is 1. The number of carbonyl (C=O) groups is 2. The average molecular weight is 356 g/mol. The van der Waals surface area contributed by atoms with Crippen molar-refractivity contribution in [2.75, 3.05) is 18.4 Å². The van der Waals surface area contributed by atoms with Crippen molar-refractivity contribution in [2.24, 2.45) is 0 Å². The number of hydrogen-bond acceptors (Lipinski definition) is 3. The summed E-state index contributed by atoms with van der Waals surface area (Å²) in [7, 11) is 0. The van der Waals surface area contributed by atoms with Gasteiger partial charge in [0.2, 0.25) is 11.8 Å². The first-order valence-corrected chi connectivity index (χ1v) is 8.91. The predicted molar refractivity (Wildman–Crippen MR) is 94.3 cm³/mol. The number of amides is 2. The number of H-pyrrole nitrogens is 1. The zero-order chi connectivity index (χ0) is 18.3. The Kier molecular flexibility index (Phi) is 4.22. The third kappa shape index (κ3) is 2.98. The van der Waals surface area contributed by atoms with E-state index in [2.05, 4.69) is 15.5 Å². The molecule has 2 N–H and O–H groups in total. The predicted octanol–water partition coefficient (Wildman–Crippen LogP) is 2.69. The molecule has 6 nitrogen and oxygen atoms in total. The number of rotatable bonds is 2. The molecule has 1 saturated heterocycles. The van der Waals surface area contributed by atoms with E-state index in [1.165, 1.54) is 17.7 Å². The van der Waals surface area contributed by atoms with Crippen molar-refractivity contribution in [3.05, 3.63) is 47.0 Å². The zero-order valence-electron chi connectivity index (χ0n) is 14.6. The Hall–Kier alpha value is -2.70. The average Bonchev–Trinajstić information content (AvgIpc) is 3.06. The van der Waals surface area contributed by atoms with E-state index in [1.807, 2.05) is 18.0 Å². The Morgan fingerprint density at radius 1 is 1.27 bits per heavy atom. The van der Waals surface area contributed by atoms with Gasteiger partial charge in [0.05, 0.1) is 12.1 Å². The van der Waals surface area contributed by atoms with Gasteiger partial charge in [-0.3, -0.25) is 14.7 Å². The minimum absolute atomic E-state index is 0.0462. The van der Waals surface area contributed by atoms with E-state index in [-0.39, 0.29) is 18.2 Å². The molecule has 3 heterocycles. The number of anilines is 1. The molecule has 2 aliphatic heterocycles. The van der Waals surface area contributed by atoms with E-state index in [9.17, 15) is 14.0 Å². The molecule has 1 atom stereocenters. The van der Waals surface area contributed by atoms with Crippen LogP contribution in [0.1, 0.15) is 47.9 Å². The summed E-state index contributed by atoms with van der Waals surface area (Å²) in [5, 5.41) is 9.71. The van der Waals surface area contributed by atoms with Gasteiger partial charge in [-0.1, -0.05) is 6.07 Å². The van der Waals surface area contributed by atoms with Gasteiger partial charge in [-0.2, -0.15) is 5.10 Å². The summed E-state index contributed by atoms with van der Waals surface area (Å²) in [6, 6.07) is 4.22. The van der Waals surface area contributed by atoms with E-state index in [1.54, 1.807) is 6.07 Å². The molecule has 7 heteroatoms. The fraction of sp³-hybridized carbons (Fsp3) is 0.421. The summed E-state index contributed by atoms with van der Waals surface area (Å²) in [6.45, 7) is 3.32. The van der Waals surface area contributed by atoms with Gasteiger partial charge in [-0.15, -0.1) is 0 Å². The molecule has 0 bridgehead atoms. The Bertz CT molecular complexity index is 855. The number of halogens is 1. The fourth-order valence-corrected chi connectivity index (χ4v) is 4.06. The van der Waals surface area contributed by atoms with Crippen LogP contribution in [-0.2, 0) is 9.59 Å². The number of nitrogens with one attached hydrogen (secondary N) is 2. The van der Waals surface area contributed by atoms with Crippen LogP contribution in [0.3, 0.4) is 0 Å². The van der Waals surface area contributed by atoms with Crippen LogP contribution in [0.25, 0.3) is 0 Å². The van der Waals surface area contributed by atoms with E-state index < -0.39 is 11.7 Å². The molecule has 136 valence electrons. The smallest absolute Gasteiger partial charge is 0.230 e. The van der Waals surface area contributed by atoms with Crippen molar-refractivity contribution < 1.29 is 14.0 Å². The summed E-state index contributed by atoms with van der Waals surface area (Å²) < 4.78 is 13.5. The molecule has 0 aliphatic carbocycles. The summed E-state index contributed by atoms with van der Waals surface area (Å²) >= 11 is 0. The zero-order valence-corrected chi connectivity index (χ0v) is 14.6. The monoisotopic (exact) mass is 356 g/mol. The maximum absolute atomic E-state index is 13.5. The Balaban J connectivity index is 1.49. The van der Waals surface area contributed by atoms with Crippen LogP contribution in [-0.4, -0.2) is 40.0 Å². The number of fused-ring (bicyclic) bond motifs is 1. The van der Waals surface area contributed by atoms with Gasteiger partial charge < -0.3 is 10.2 Å². The maximum Gasteiger partial charge on any atom is 0.230 e. The summed E-state index contributed by atoms with van der Waals surface area (Å²) in [4.78, 5) is 26.8. The first-order valence-electron chi connectivity index (χ1n) is 8.91. The van der Waals surface area contributed by atoms with Crippen LogP contribution in [0.2, 0.25) is 0 Å². The second-order valence-electron chi connectivity index (χ2n) is 7.09. The highest BCUT2D eigenvalue weighted by atomic mass is 19.1. The molecule has 1 unspecified atom stereocenters. The number of nitrogens with zero attached hydrogens (tertiary/aromatic N) is 2. The minimum atomic E-state index is -0.536. The number of carbonyl (C=O) groups excluding carboxylic acids is 2. The maximum atomic E-state index is 13.5. The summed E-state index contributed by atoms with van der Waals surface area (Å²) in [6.07, 6.45) is 3.73. The Morgan fingerprint density at radius 3 is 2.73 bits per heavy atom. The number of aryl methyl sites for hydroxylation is 1. The molecule has 0 radical (unpaired) electrons. The van der Waals surface area contributed by atoms with Crippen LogP contribution >= 0.6 is 0 Å². The van der Waals surface area contributed by atoms with Crippen LogP contribution in [0, 0.1) is 12.7 Å². The second kappa shape index (κ2) is 6.55. The molecule has 2 amide bonds. The highest BCUT2D eigenvalue weighted by Gasteiger charge is 2.35. The van der Waals surface area contributed by atoms with Crippen LogP contribution in [0.4, 0.5) is 10.1 Å². The van der Waals surface area contributed by atoms with E-state index in [0.717, 1.165) is 18.5 Å².